The van der Waals surface area contributed by atoms with E-state index >= 15 is 0 Å². The Morgan fingerprint density at radius 1 is 1.71 bits per heavy atom. The van der Waals surface area contributed by atoms with E-state index in [2.05, 4.69) is 13.0 Å². The summed E-state index contributed by atoms with van der Waals surface area (Å²) < 4.78 is 0. The summed E-state index contributed by atoms with van der Waals surface area (Å²) in [5.74, 6) is 1.60. The summed E-state index contributed by atoms with van der Waals surface area (Å²) in [7, 11) is 0. The fraction of sp³-hybridized carbons (Fsp3) is 0.667. The molecule has 1 nitrogen and oxygen atoms in total. The second kappa shape index (κ2) is 0.781. The summed E-state index contributed by atoms with van der Waals surface area (Å²) in [6.07, 6.45) is 2.27. The molecule has 0 aromatic carbocycles. The second-order valence-corrected chi connectivity index (χ2v) is 2.58. The molecule has 1 heteroatoms. The van der Waals surface area contributed by atoms with Gasteiger partial charge < -0.3 is 5.73 Å². The molecule has 2 rings (SSSR count). The smallest absolute Gasteiger partial charge is 0.0294 e. The number of nitrogens with two attached hydrogens (primary N) is 1. The fourth-order valence-electron chi connectivity index (χ4n) is 1.36. The van der Waals surface area contributed by atoms with E-state index in [0.29, 0.717) is 6.04 Å². The molecule has 3 unspecified atom stereocenters. The number of hydrogen-bond acceptors (Lipinski definition) is 1. The van der Waals surface area contributed by atoms with Crippen LogP contribution in [0.1, 0.15) is 6.92 Å². The lowest BCUT2D eigenvalue weighted by Crippen LogP contribution is -2.38. The second-order valence-electron chi connectivity index (χ2n) is 2.58. The van der Waals surface area contributed by atoms with Crippen molar-refractivity contribution in [3.05, 3.63) is 11.6 Å². The molecule has 0 spiro atoms. The van der Waals surface area contributed by atoms with Crippen LogP contribution in [0, 0.1) is 11.8 Å². The first kappa shape index (κ1) is 3.67. The van der Waals surface area contributed by atoms with Crippen molar-refractivity contribution in [2.45, 2.75) is 13.0 Å². The van der Waals surface area contributed by atoms with E-state index in [4.69, 9.17) is 5.73 Å². The molecule has 2 aliphatic rings. The largest absolute Gasteiger partial charge is 0.324 e. The molecule has 3 atom stereocenters. The topological polar surface area (TPSA) is 26.0 Å². The molecular formula is C6H9N. The van der Waals surface area contributed by atoms with Gasteiger partial charge in [0.2, 0.25) is 0 Å². The quantitative estimate of drug-likeness (QED) is 0.436. The molecule has 0 bridgehead atoms. The van der Waals surface area contributed by atoms with Crippen LogP contribution in [0.25, 0.3) is 0 Å². The van der Waals surface area contributed by atoms with Crippen molar-refractivity contribution in [2.75, 3.05) is 0 Å². The Bertz CT molecular complexity index is 137. The van der Waals surface area contributed by atoms with E-state index in [0.717, 1.165) is 11.8 Å². The Kier molecular flexibility index (Phi) is 0.409. The highest BCUT2D eigenvalue weighted by molar-refractivity contribution is 5.44. The summed E-state index contributed by atoms with van der Waals surface area (Å²) in [5, 5.41) is 0. The van der Waals surface area contributed by atoms with Gasteiger partial charge in [-0.2, -0.15) is 0 Å². The van der Waals surface area contributed by atoms with Crippen molar-refractivity contribution >= 4 is 0 Å². The molecule has 1 fully saturated rings. The zero-order chi connectivity index (χ0) is 5.02. The maximum Gasteiger partial charge on any atom is 0.0294 e. The van der Waals surface area contributed by atoms with E-state index < -0.39 is 0 Å². The first-order chi connectivity index (χ1) is 3.30. The van der Waals surface area contributed by atoms with E-state index in [-0.39, 0.29) is 0 Å². The zero-order valence-corrected chi connectivity index (χ0v) is 4.39. The maximum atomic E-state index is 5.64. The van der Waals surface area contributed by atoms with Crippen LogP contribution in [0.2, 0.25) is 0 Å². The summed E-state index contributed by atoms with van der Waals surface area (Å²) >= 11 is 0. The minimum Gasteiger partial charge on any atom is -0.324 e. The van der Waals surface area contributed by atoms with Gasteiger partial charge in [0.15, 0.2) is 0 Å². The Morgan fingerprint density at radius 2 is 2.43 bits per heavy atom. The molecule has 0 radical (unpaired) electrons. The number of allylic oxidation sites excluding steroid dienone is 1. The summed E-state index contributed by atoms with van der Waals surface area (Å²) in [6.45, 7) is 2.21. The van der Waals surface area contributed by atoms with Crippen LogP contribution in [0.4, 0.5) is 0 Å². The van der Waals surface area contributed by atoms with Crippen LogP contribution < -0.4 is 5.73 Å². The van der Waals surface area contributed by atoms with Crippen LogP contribution in [-0.2, 0) is 0 Å². The molecule has 0 heterocycles. The molecule has 0 saturated heterocycles. The number of hydrogen-bond donors (Lipinski definition) is 1. The minimum absolute atomic E-state index is 0.435. The van der Waals surface area contributed by atoms with Gasteiger partial charge in [0.25, 0.3) is 0 Å². The summed E-state index contributed by atoms with van der Waals surface area (Å²) in [6, 6.07) is 0.435. The summed E-state index contributed by atoms with van der Waals surface area (Å²) in [4.78, 5) is 0. The SMILES string of the molecule is CC1C(N)C2=CC21. The normalized spacial score (nSPS) is 54.6. The van der Waals surface area contributed by atoms with E-state index in [1.54, 1.807) is 0 Å². The van der Waals surface area contributed by atoms with Crippen molar-refractivity contribution in [2.24, 2.45) is 17.6 Å². The zero-order valence-electron chi connectivity index (χ0n) is 4.39. The molecule has 1 saturated carbocycles. The Balaban J connectivity index is 2.17. The van der Waals surface area contributed by atoms with E-state index in [1.165, 1.54) is 5.57 Å². The molecule has 0 aliphatic heterocycles. The van der Waals surface area contributed by atoms with Gasteiger partial charge in [-0.25, -0.2) is 0 Å². The fourth-order valence-corrected chi connectivity index (χ4v) is 1.36. The minimum atomic E-state index is 0.435. The highest BCUT2D eigenvalue weighted by Gasteiger charge is 2.47. The van der Waals surface area contributed by atoms with Gasteiger partial charge in [0, 0.05) is 12.0 Å². The van der Waals surface area contributed by atoms with E-state index in [1.807, 2.05) is 0 Å². The first-order valence-corrected chi connectivity index (χ1v) is 2.78. The lowest BCUT2D eigenvalue weighted by molar-refractivity contribution is 0.374. The van der Waals surface area contributed by atoms with Crippen LogP contribution in [0.15, 0.2) is 11.6 Å². The van der Waals surface area contributed by atoms with Gasteiger partial charge in [0.05, 0.1) is 0 Å². The predicted molar refractivity (Wildman–Crippen MR) is 28.7 cm³/mol. The van der Waals surface area contributed by atoms with Crippen LogP contribution in [-0.4, -0.2) is 6.04 Å². The van der Waals surface area contributed by atoms with Crippen LogP contribution in [0.5, 0.6) is 0 Å². The number of rotatable bonds is 0. The van der Waals surface area contributed by atoms with Crippen molar-refractivity contribution in [1.29, 1.82) is 0 Å². The average molecular weight is 95.1 g/mol. The standard InChI is InChI=1S/C6H9N/c1-3-4-2-5(4)6(3)7/h2-4,6H,7H2,1H3. The third kappa shape index (κ3) is 0.249. The van der Waals surface area contributed by atoms with Gasteiger partial charge >= 0.3 is 0 Å². The maximum absolute atomic E-state index is 5.64. The molecule has 0 aromatic heterocycles. The molecule has 7 heavy (non-hydrogen) atoms. The molecule has 38 valence electrons. The Hall–Kier alpha value is -0.300. The molecule has 0 aromatic rings. The average Bonchev–Trinajstić information content (AvgIpc) is 2.39. The monoisotopic (exact) mass is 95.1 g/mol. The lowest BCUT2D eigenvalue weighted by Gasteiger charge is -2.28. The van der Waals surface area contributed by atoms with Gasteiger partial charge in [-0.3, -0.25) is 0 Å². The third-order valence-corrected chi connectivity index (χ3v) is 2.17. The predicted octanol–water partition coefficient (Wildman–Crippen LogP) is 0.520. The molecule has 0 amide bonds. The van der Waals surface area contributed by atoms with Gasteiger partial charge in [-0.15, -0.1) is 0 Å². The van der Waals surface area contributed by atoms with Crippen LogP contribution in [0.3, 0.4) is 0 Å². The van der Waals surface area contributed by atoms with E-state index in [9.17, 15) is 0 Å². The molecule has 2 aliphatic carbocycles. The summed E-state index contributed by atoms with van der Waals surface area (Å²) in [5.41, 5.74) is 7.15. The van der Waals surface area contributed by atoms with Crippen LogP contribution >= 0.6 is 0 Å². The number of fused-ring (bicyclic) bond motifs is 1. The van der Waals surface area contributed by atoms with Crippen molar-refractivity contribution < 1.29 is 0 Å². The first-order valence-electron chi connectivity index (χ1n) is 2.78. The van der Waals surface area contributed by atoms with Crippen molar-refractivity contribution in [3.8, 4) is 0 Å². The molecule has 2 N–H and O–H groups in total. The third-order valence-electron chi connectivity index (χ3n) is 2.17. The highest BCUT2D eigenvalue weighted by atomic mass is 14.8. The Labute approximate surface area is 43.2 Å². The van der Waals surface area contributed by atoms with Gasteiger partial charge in [-0.05, 0) is 11.5 Å². The Morgan fingerprint density at radius 3 is 2.57 bits per heavy atom. The lowest BCUT2D eigenvalue weighted by atomic mass is 9.81. The van der Waals surface area contributed by atoms with Crippen molar-refractivity contribution in [1.82, 2.24) is 0 Å². The van der Waals surface area contributed by atoms with Gasteiger partial charge in [-0.1, -0.05) is 13.0 Å². The highest BCUT2D eigenvalue weighted by Crippen LogP contribution is 2.51. The van der Waals surface area contributed by atoms with Crippen molar-refractivity contribution in [3.63, 3.8) is 0 Å². The van der Waals surface area contributed by atoms with Gasteiger partial charge in [0.1, 0.15) is 0 Å². The molecular weight excluding hydrogens is 86.1 g/mol.